The van der Waals surface area contributed by atoms with Gasteiger partial charge >= 0.3 is 0 Å². The molecule has 0 saturated carbocycles. The molecule has 6 heteroatoms. The van der Waals surface area contributed by atoms with Crippen LogP contribution >= 0.6 is 0 Å². The van der Waals surface area contributed by atoms with Crippen molar-refractivity contribution in [2.45, 2.75) is 26.9 Å². The Hall–Kier alpha value is -3.28. The highest BCUT2D eigenvalue weighted by atomic mass is 16.1. The Labute approximate surface area is 159 Å². The van der Waals surface area contributed by atoms with E-state index in [2.05, 4.69) is 44.2 Å². The molecule has 0 spiro atoms. The number of aromatic nitrogens is 3. The van der Waals surface area contributed by atoms with Crippen LogP contribution in [0.15, 0.2) is 60.9 Å². The maximum atomic E-state index is 12.6. The fraction of sp³-hybridized carbons (Fsp3) is 0.238. The third kappa shape index (κ3) is 5.10. The average Bonchev–Trinajstić information content (AvgIpc) is 2.71. The van der Waals surface area contributed by atoms with Gasteiger partial charge in [0.1, 0.15) is 5.69 Å². The summed E-state index contributed by atoms with van der Waals surface area (Å²) in [7, 11) is 0. The molecule has 0 aliphatic heterocycles. The SMILES string of the molecule is CCN(Cc1ccccc1)c1nc(C)cc(C(=O)NCc2cccnc2)n1. The number of amides is 1. The third-order valence-electron chi connectivity index (χ3n) is 4.13. The summed E-state index contributed by atoms with van der Waals surface area (Å²) >= 11 is 0. The molecule has 6 nitrogen and oxygen atoms in total. The number of aryl methyl sites for hydroxylation is 1. The van der Waals surface area contributed by atoms with E-state index in [0.717, 1.165) is 17.8 Å². The summed E-state index contributed by atoms with van der Waals surface area (Å²) in [4.78, 5) is 27.7. The summed E-state index contributed by atoms with van der Waals surface area (Å²) in [5, 5.41) is 2.89. The lowest BCUT2D eigenvalue weighted by atomic mass is 10.2. The molecule has 3 rings (SSSR count). The van der Waals surface area contributed by atoms with E-state index in [1.54, 1.807) is 18.5 Å². The van der Waals surface area contributed by atoms with E-state index in [4.69, 9.17) is 0 Å². The van der Waals surface area contributed by atoms with Crippen molar-refractivity contribution in [2.24, 2.45) is 0 Å². The van der Waals surface area contributed by atoms with Crippen LogP contribution in [0.1, 0.15) is 34.2 Å². The first-order valence-corrected chi connectivity index (χ1v) is 8.97. The molecule has 0 atom stereocenters. The fourth-order valence-electron chi connectivity index (χ4n) is 2.71. The molecule has 138 valence electrons. The number of nitrogens with one attached hydrogen (secondary N) is 1. The zero-order chi connectivity index (χ0) is 19.1. The minimum absolute atomic E-state index is 0.221. The number of pyridine rings is 1. The molecule has 2 heterocycles. The van der Waals surface area contributed by atoms with Gasteiger partial charge in [0.2, 0.25) is 5.95 Å². The Morgan fingerprint density at radius 3 is 2.56 bits per heavy atom. The maximum Gasteiger partial charge on any atom is 0.270 e. The largest absolute Gasteiger partial charge is 0.347 e. The Morgan fingerprint density at radius 1 is 1.07 bits per heavy atom. The molecule has 1 N–H and O–H groups in total. The lowest BCUT2D eigenvalue weighted by molar-refractivity contribution is 0.0945. The van der Waals surface area contributed by atoms with Crippen LogP contribution in [0.2, 0.25) is 0 Å². The van der Waals surface area contributed by atoms with E-state index < -0.39 is 0 Å². The normalized spacial score (nSPS) is 10.4. The standard InChI is InChI=1S/C21H23N5O/c1-3-26(15-17-8-5-4-6-9-17)21-24-16(2)12-19(25-21)20(27)23-14-18-10-7-11-22-13-18/h4-13H,3,14-15H2,1-2H3,(H,23,27). The van der Waals surface area contributed by atoms with E-state index in [1.165, 1.54) is 5.56 Å². The monoisotopic (exact) mass is 361 g/mol. The van der Waals surface area contributed by atoms with Crippen LogP contribution < -0.4 is 10.2 Å². The number of carbonyl (C=O) groups is 1. The molecule has 0 unspecified atom stereocenters. The molecular formula is C21H23N5O. The molecule has 0 saturated heterocycles. The second-order valence-corrected chi connectivity index (χ2v) is 6.24. The van der Waals surface area contributed by atoms with Gasteiger partial charge in [0, 0.05) is 37.7 Å². The summed E-state index contributed by atoms with van der Waals surface area (Å²) in [5.74, 6) is 0.342. The maximum absolute atomic E-state index is 12.6. The van der Waals surface area contributed by atoms with Gasteiger partial charge in [-0.15, -0.1) is 0 Å². The predicted octanol–water partition coefficient (Wildman–Crippen LogP) is 3.14. The van der Waals surface area contributed by atoms with Gasteiger partial charge in [0.05, 0.1) is 0 Å². The topological polar surface area (TPSA) is 71.0 Å². The highest BCUT2D eigenvalue weighted by Crippen LogP contribution is 2.14. The third-order valence-corrected chi connectivity index (χ3v) is 4.13. The lowest BCUT2D eigenvalue weighted by Crippen LogP contribution is -2.28. The zero-order valence-electron chi connectivity index (χ0n) is 15.6. The lowest BCUT2D eigenvalue weighted by Gasteiger charge is -2.21. The van der Waals surface area contributed by atoms with Gasteiger partial charge in [-0.1, -0.05) is 36.4 Å². The molecule has 2 aromatic heterocycles. The number of carbonyl (C=O) groups excluding carboxylic acids is 1. The number of rotatable bonds is 7. The van der Waals surface area contributed by atoms with Gasteiger partial charge in [-0.05, 0) is 37.1 Å². The fourth-order valence-corrected chi connectivity index (χ4v) is 2.71. The quantitative estimate of drug-likeness (QED) is 0.700. The smallest absolute Gasteiger partial charge is 0.270 e. The first kappa shape index (κ1) is 18.5. The summed E-state index contributed by atoms with van der Waals surface area (Å²) < 4.78 is 0. The molecule has 1 aromatic carbocycles. The van der Waals surface area contributed by atoms with Crippen molar-refractivity contribution in [1.82, 2.24) is 20.3 Å². The average molecular weight is 361 g/mol. The highest BCUT2D eigenvalue weighted by Gasteiger charge is 2.14. The Morgan fingerprint density at radius 2 is 1.85 bits per heavy atom. The summed E-state index contributed by atoms with van der Waals surface area (Å²) in [6, 6.07) is 15.6. The van der Waals surface area contributed by atoms with Crippen molar-refractivity contribution in [1.29, 1.82) is 0 Å². The minimum Gasteiger partial charge on any atom is -0.347 e. The van der Waals surface area contributed by atoms with Crippen LogP contribution in [-0.4, -0.2) is 27.4 Å². The van der Waals surface area contributed by atoms with Crippen LogP contribution in [0.25, 0.3) is 0 Å². The van der Waals surface area contributed by atoms with Gasteiger partial charge in [-0.2, -0.15) is 0 Å². The molecule has 0 aliphatic rings. The second-order valence-electron chi connectivity index (χ2n) is 6.24. The van der Waals surface area contributed by atoms with E-state index >= 15 is 0 Å². The van der Waals surface area contributed by atoms with Gasteiger partial charge in [0.25, 0.3) is 5.91 Å². The minimum atomic E-state index is -0.221. The first-order chi connectivity index (χ1) is 13.2. The highest BCUT2D eigenvalue weighted by molar-refractivity contribution is 5.92. The van der Waals surface area contributed by atoms with Crippen LogP contribution in [0, 0.1) is 6.92 Å². The van der Waals surface area contributed by atoms with Crippen LogP contribution in [0.5, 0.6) is 0 Å². The molecule has 0 bridgehead atoms. The van der Waals surface area contributed by atoms with Crippen molar-refractivity contribution in [3.05, 3.63) is 83.4 Å². The summed E-state index contributed by atoms with van der Waals surface area (Å²) in [6.07, 6.45) is 3.44. The molecule has 0 radical (unpaired) electrons. The molecule has 27 heavy (non-hydrogen) atoms. The van der Waals surface area contributed by atoms with Crippen LogP contribution in [-0.2, 0) is 13.1 Å². The van der Waals surface area contributed by atoms with Crippen molar-refractivity contribution >= 4 is 11.9 Å². The molecule has 3 aromatic rings. The van der Waals surface area contributed by atoms with Crippen LogP contribution in [0.3, 0.4) is 0 Å². The Kier molecular flexibility index (Phi) is 6.10. The van der Waals surface area contributed by atoms with Gasteiger partial charge in [-0.3, -0.25) is 9.78 Å². The number of nitrogens with zero attached hydrogens (tertiary/aromatic N) is 4. The molecule has 0 fully saturated rings. The number of anilines is 1. The molecular weight excluding hydrogens is 338 g/mol. The molecule has 0 aliphatic carbocycles. The van der Waals surface area contributed by atoms with E-state index in [0.29, 0.717) is 24.7 Å². The Balaban J connectivity index is 1.75. The number of benzene rings is 1. The van der Waals surface area contributed by atoms with Crippen molar-refractivity contribution < 1.29 is 4.79 Å². The van der Waals surface area contributed by atoms with E-state index in [-0.39, 0.29) is 5.91 Å². The van der Waals surface area contributed by atoms with Gasteiger partial charge < -0.3 is 10.2 Å². The predicted molar refractivity (Wildman–Crippen MR) is 105 cm³/mol. The summed E-state index contributed by atoms with van der Waals surface area (Å²) in [5.41, 5.74) is 3.24. The number of hydrogen-bond donors (Lipinski definition) is 1. The first-order valence-electron chi connectivity index (χ1n) is 8.97. The van der Waals surface area contributed by atoms with Gasteiger partial charge in [-0.25, -0.2) is 9.97 Å². The van der Waals surface area contributed by atoms with Crippen molar-refractivity contribution in [3.63, 3.8) is 0 Å². The van der Waals surface area contributed by atoms with Crippen LogP contribution in [0.4, 0.5) is 5.95 Å². The molecule has 1 amide bonds. The van der Waals surface area contributed by atoms with E-state index in [1.807, 2.05) is 37.3 Å². The van der Waals surface area contributed by atoms with E-state index in [9.17, 15) is 4.79 Å². The van der Waals surface area contributed by atoms with Crippen molar-refractivity contribution in [3.8, 4) is 0 Å². The van der Waals surface area contributed by atoms with Gasteiger partial charge in [0.15, 0.2) is 0 Å². The van der Waals surface area contributed by atoms with Crippen molar-refractivity contribution in [2.75, 3.05) is 11.4 Å². The second kappa shape index (κ2) is 8.89. The zero-order valence-corrected chi connectivity index (χ0v) is 15.6. The Bertz CT molecular complexity index is 884. The number of hydrogen-bond acceptors (Lipinski definition) is 5. The summed E-state index contributed by atoms with van der Waals surface area (Å²) in [6.45, 7) is 5.77.